The highest BCUT2D eigenvalue weighted by Gasteiger charge is 2.28. The SMILES string of the molecule is CS(=O)(=O)N1CCc2cc(C(=O)Nc3nc(C4CC4)cs3)ccc21. The van der Waals surface area contributed by atoms with Crippen molar-refractivity contribution in [3.8, 4) is 0 Å². The van der Waals surface area contributed by atoms with Crippen LogP contribution in [-0.2, 0) is 16.4 Å². The summed E-state index contributed by atoms with van der Waals surface area (Å²) in [5.74, 6) is 0.348. The Hall–Kier alpha value is -1.93. The molecule has 1 aliphatic heterocycles. The molecule has 4 rings (SSSR count). The average Bonchev–Trinajstić information content (AvgIpc) is 3.11. The first-order valence-corrected chi connectivity index (χ1v) is 10.5. The molecule has 2 heterocycles. The highest BCUT2D eigenvalue weighted by atomic mass is 32.2. The third-order valence-electron chi connectivity index (χ3n) is 4.33. The van der Waals surface area contributed by atoms with Crippen LogP contribution in [0.3, 0.4) is 0 Å². The zero-order chi connectivity index (χ0) is 16.9. The topological polar surface area (TPSA) is 79.4 Å². The maximum Gasteiger partial charge on any atom is 0.257 e. The van der Waals surface area contributed by atoms with Gasteiger partial charge in [-0.3, -0.25) is 14.4 Å². The van der Waals surface area contributed by atoms with E-state index in [0.717, 1.165) is 11.3 Å². The molecule has 1 amide bonds. The van der Waals surface area contributed by atoms with Gasteiger partial charge in [-0.1, -0.05) is 0 Å². The molecule has 0 unspecified atom stereocenters. The molecule has 0 atom stereocenters. The standard InChI is InChI=1S/C16H17N3O3S2/c1-24(21,22)19-7-6-11-8-12(4-5-14(11)19)15(20)18-16-17-13(9-23-16)10-2-3-10/h4-5,8-10H,2-3,6-7H2,1H3,(H,17,18,20). The first-order valence-electron chi connectivity index (χ1n) is 7.79. The van der Waals surface area contributed by atoms with Crippen LogP contribution in [-0.4, -0.2) is 32.1 Å². The van der Waals surface area contributed by atoms with Gasteiger partial charge in [0.15, 0.2) is 5.13 Å². The normalized spacial score (nSPS) is 17.0. The molecule has 24 heavy (non-hydrogen) atoms. The van der Waals surface area contributed by atoms with Crippen LogP contribution in [0.1, 0.15) is 40.4 Å². The molecule has 0 radical (unpaired) electrons. The van der Waals surface area contributed by atoms with E-state index in [1.807, 2.05) is 5.38 Å². The van der Waals surface area contributed by atoms with Gasteiger partial charge in [0, 0.05) is 23.4 Å². The van der Waals surface area contributed by atoms with Gasteiger partial charge < -0.3 is 0 Å². The van der Waals surface area contributed by atoms with E-state index >= 15 is 0 Å². The maximum absolute atomic E-state index is 12.4. The number of nitrogens with one attached hydrogen (secondary N) is 1. The van der Waals surface area contributed by atoms with Gasteiger partial charge >= 0.3 is 0 Å². The third kappa shape index (κ3) is 2.91. The van der Waals surface area contributed by atoms with Crippen molar-refractivity contribution in [1.29, 1.82) is 0 Å². The van der Waals surface area contributed by atoms with Crippen LogP contribution < -0.4 is 9.62 Å². The van der Waals surface area contributed by atoms with Crippen LogP contribution >= 0.6 is 11.3 Å². The molecular weight excluding hydrogens is 346 g/mol. The van der Waals surface area contributed by atoms with E-state index in [9.17, 15) is 13.2 Å². The smallest absolute Gasteiger partial charge is 0.257 e. The molecule has 2 aromatic rings. The van der Waals surface area contributed by atoms with Crippen molar-refractivity contribution in [3.63, 3.8) is 0 Å². The second kappa shape index (κ2) is 5.56. The highest BCUT2D eigenvalue weighted by Crippen LogP contribution is 2.41. The quantitative estimate of drug-likeness (QED) is 0.905. The van der Waals surface area contributed by atoms with Crippen molar-refractivity contribution in [1.82, 2.24) is 4.98 Å². The number of carbonyl (C=O) groups is 1. The van der Waals surface area contributed by atoms with Gasteiger partial charge in [-0.15, -0.1) is 11.3 Å². The molecule has 1 N–H and O–H groups in total. The minimum Gasteiger partial charge on any atom is -0.298 e. The van der Waals surface area contributed by atoms with E-state index < -0.39 is 10.0 Å². The van der Waals surface area contributed by atoms with Crippen molar-refractivity contribution in [2.24, 2.45) is 0 Å². The molecule has 6 nitrogen and oxygen atoms in total. The summed E-state index contributed by atoms with van der Waals surface area (Å²) < 4.78 is 24.9. The lowest BCUT2D eigenvalue weighted by molar-refractivity contribution is 0.102. The van der Waals surface area contributed by atoms with Crippen LogP contribution in [0.4, 0.5) is 10.8 Å². The van der Waals surface area contributed by atoms with Gasteiger partial charge in [0.25, 0.3) is 5.91 Å². The van der Waals surface area contributed by atoms with Crippen molar-refractivity contribution in [2.45, 2.75) is 25.2 Å². The number of rotatable bonds is 4. The molecule has 126 valence electrons. The fourth-order valence-electron chi connectivity index (χ4n) is 2.94. The number of carbonyl (C=O) groups excluding carboxylic acids is 1. The number of thiazole rings is 1. The van der Waals surface area contributed by atoms with E-state index in [0.29, 0.717) is 35.3 Å². The van der Waals surface area contributed by atoms with Crippen LogP contribution in [0.15, 0.2) is 23.6 Å². The molecule has 0 bridgehead atoms. The second-order valence-corrected chi connectivity index (χ2v) is 9.00. The van der Waals surface area contributed by atoms with Crippen molar-refractivity contribution < 1.29 is 13.2 Å². The number of fused-ring (bicyclic) bond motifs is 1. The van der Waals surface area contributed by atoms with Gasteiger partial charge in [-0.25, -0.2) is 13.4 Å². The van der Waals surface area contributed by atoms with Crippen molar-refractivity contribution >= 4 is 38.1 Å². The summed E-state index contributed by atoms with van der Waals surface area (Å²) in [6.45, 7) is 0.427. The Bertz CT molecular complexity index is 916. The van der Waals surface area contributed by atoms with E-state index in [4.69, 9.17) is 0 Å². The number of hydrogen-bond donors (Lipinski definition) is 1. The predicted octanol–water partition coefficient (Wildman–Crippen LogP) is 2.59. The van der Waals surface area contributed by atoms with E-state index in [-0.39, 0.29) is 5.91 Å². The van der Waals surface area contributed by atoms with E-state index in [2.05, 4.69) is 10.3 Å². The van der Waals surface area contributed by atoms with Crippen molar-refractivity contribution in [2.75, 3.05) is 22.4 Å². The Kier molecular flexibility index (Phi) is 3.61. The number of nitrogens with zero attached hydrogens (tertiary/aromatic N) is 2. The summed E-state index contributed by atoms with van der Waals surface area (Å²) in [7, 11) is -3.27. The largest absolute Gasteiger partial charge is 0.298 e. The lowest BCUT2D eigenvalue weighted by Crippen LogP contribution is -2.27. The van der Waals surface area contributed by atoms with Gasteiger partial charge in [0.1, 0.15) is 0 Å². The van der Waals surface area contributed by atoms with Crippen LogP contribution in [0, 0.1) is 0 Å². The molecule has 1 aromatic carbocycles. The average molecular weight is 363 g/mol. The Balaban J connectivity index is 1.53. The van der Waals surface area contributed by atoms with Crippen LogP contribution in [0.25, 0.3) is 0 Å². The number of sulfonamides is 1. The molecule has 0 saturated heterocycles. The molecule has 1 fully saturated rings. The molecule has 2 aliphatic rings. The van der Waals surface area contributed by atoms with Crippen molar-refractivity contribution in [3.05, 3.63) is 40.4 Å². The van der Waals surface area contributed by atoms with Gasteiger partial charge in [-0.2, -0.15) is 0 Å². The molecule has 1 saturated carbocycles. The minimum atomic E-state index is -3.27. The van der Waals surface area contributed by atoms with Gasteiger partial charge in [0.05, 0.1) is 17.6 Å². The third-order valence-corrected chi connectivity index (χ3v) is 6.29. The molecule has 0 spiro atoms. The monoisotopic (exact) mass is 363 g/mol. The first kappa shape index (κ1) is 15.6. The number of benzene rings is 1. The summed E-state index contributed by atoms with van der Waals surface area (Å²) in [6.07, 6.45) is 4.17. The number of amides is 1. The molecule has 8 heteroatoms. The summed E-state index contributed by atoms with van der Waals surface area (Å²) in [6, 6.07) is 5.13. The summed E-state index contributed by atoms with van der Waals surface area (Å²) in [5, 5.41) is 5.44. The maximum atomic E-state index is 12.4. The molecule has 1 aromatic heterocycles. The lowest BCUT2D eigenvalue weighted by atomic mass is 10.1. The number of aromatic nitrogens is 1. The Morgan fingerprint density at radius 1 is 1.38 bits per heavy atom. The number of hydrogen-bond acceptors (Lipinski definition) is 5. The fraction of sp³-hybridized carbons (Fsp3) is 0.375. The predicted molar refractivity (Wildman–Crippen MR) is 94.4 cm³/mol. The summed E-state index contributed by atoms with van der Waals surface area (Å²) in [4.78, 5) is 16.9. The Morgan fingerprint density at radius 3 is 2.88 bits per heavy atom. The highest BCUT2D eigenvalue weighted by molar-refractivity contribution is 7.92. The van der Waals surface area contributed by atoms with E-state index in [1.165, 1.54) is 34.7 Å². The first-order chi connectivity index (χ1) is 11.4. The zero-order valence-corrected chi connectivity index (χ0v) is 14.8. The van der Waals surface area contributed by atoms with Crippen LogP contribution in [0.2, 0.25) is 0 Å². The molecular formula is C16H17N3O3S2. The molecule has 1 aliphatic carbocycles. The fourth-order valence-corrected chi connectivity index (χ4v) is 4.68. The summed E-state index contributed by atoms with van der Waals surface area (Å²) in [5.41, 5.74) is 3.13. The lowest BCUT2D eigenvalue weighted by Gasteiger charge is -2.16. The Labute approximate surface area is 144 Å². The second-order valence-electron chi connectivity index (χ2n) is 6.23. The summed E-state index contributed by atoms with van der Waals surface area (Å²) >= 11 is 1.44. The van der Waals surface area contributed by atoms with Crippen LogP contribution in [0.5, 0.6) is 0 Å². The van der Waals surface area contributed by atoms with Gasteiger partial charge in [-0.05, 0) is 43.0 Å². The van der Waals surface area contributed by atoms with Gasteiger partial charge in [0.2, 0.25) is 10.0 Å². The Morgan fingerprint density at radius 2 is 2.17 bits per heavy atom. The van der Waals surface area contributed by atoms with E-state index in [1.54, 1.807) is 18.2 Å². The number of anilines is 2. The zero-order valence-electron chi connectivity index (χ0n) is 13.2. The minimum absolute atomic E-state index is 0.215.